The van der Waals surface area contributed by atoms with Gasteiger partial charge in [-0.25, -0.2) is 0 Å². The second kappa shape index (κ2) is 11.1. The van der Waals surface area contributed by atoms with Crippen molar-refractivity contribution in [2.24, 2.45) is 5.92 Å². The van der Waals surface area contributed by atoms with Gasteiger partial charge in [-0.05, 0) is 0 Å². The van der Waals surface area contributed by atoms with E-state index in [1.165, 1.54) is 0 Å². The van der Waals surface area contributed by atoms with Gasteiger partial charge in [0, 0.05) is 0 Å². The van der Waals surface area contributed by atoms with Crippen LogP contribution in [-0.2, 0) is 24.1 Å². The molecule has 0 aliphatic heterocycles. The van der Waals surface area contributed by atoms with E-state index < -0.39 is 0 Å². The minimum atomic E-state index is 0. The topological polar surface area (TPSA) is 9.23 Å². The fraction of sp³-hybridized carbons (Fsp3) is 1.00. The van der Waals surface area contributed by atoms with Gasteiger partial charge in [0.2, 0.25) is 0 Å². The minimum Gasteiger partial charge on any atom is -1.00 e. The number of hydrogen-bond acceptors (Lipinski definition) is 1. The Hall–Kier alpha value is 1.25. The van der Waals surface area contributed by atoms with Gasteiger partial charge in [0.05, 0.1) is 0 Å². The van der Waals surface area contributed by atoms with E-state index in [9.17, 15) is 0 Å². The molecule has 0 fully saturated rings. The molecule has 0 aromatic rings. The Morgan fingerprint density at radius 2 is 1.75 bits per heavy atom. The van der Waals surface area contributed by atoms with Crippen LogP contribution in [-0.4, -0.2) is 6.61 Å². The maximum atomic E-state index is 4.80. The summed E-state index contributed by atoms with van der Waals surface area (Å²) in [6, 6.07) is 0. The third kappa shape index (κ3) is 15.7. The van der Waals surface area contributed by atoms with Gasteiger partial charge in [0.15, 0.2) is 0 Å². The molecule has 0 atom stereocenters. The van der Waals surface area contributed by atoms with Crippen molar-refractivity contribution in [2.75, 3.05) is 6.61 Å². The summed E-state index contributed by atoms with van der Waals surface area (Å²) in [7, 11) is 0. The number of halogens is 2. The van der Waals surface area contributed by atoms with Crippen LogP contribution in [0.1, 0.15) is 13.8 Å². The van der Waals surface area contributed by atoms with Crippen LogP contribution < -0.4 is 24.8 Å². The number of hydrogen-bond donors (Lipinski definition) is 0. The molecule has 4 heteroatoms. The van der Waals surface area contributed by atoms with Crippen LogP contribution in [0.3, 0.4) is 0 Å². The first kappa shape index (κ1) is 16.1. The van der Waals surface area contributed by atoms with Crippen LogP contribution in [0, 0.1) is 5.92 Å². The Labute approximate surface area is 75.3 Å². The molecule has 1 nitrogen and oxygen atoms in total. The van der Waals surface area contributed by atoms with Gasteiger partial charge in [0.25, 0.3) is 0 Å². The molecule has 0 radical (unpaired) electrons. The third-order valence-corrected chi connectivity index (χ3v) is 0.677. The largest absolute Gasteiger partial charge is 1.00 e. The Morgan fingerprint density at radius 1 is 1.38 bits per heavy atom. The molecular formula is C4H9Cl2OTi. The van der Waals surface area contributed by atoms with Crippen LogP contribution in [0.4, 0.5) is 0 Å². The van der Waals surface area contributed by atoms with E-state index >= 15 is 0 Å². The van der Waals surface area contributed by atoms with Crippen LogP contribution in [0.25, 0.3) is 0 Å². The zero-order valence-electron chi connectivity index (χ0n) is 4.95. The average molecular weight is 192 g/mol. The smallest absolute Gasteiger partial charge is 1.00 e. The summed E-state index contributed by atoms with van der Waals surface area (Å²) in [5.41, 5.74) is 0. The Balaban J connectivity index is -0.000000125. The van der Waals surface area contributed by atoms with Crippen molar-refractivity contribution in [1.29, 1.82) is 0 Å². The van der Waals surface area contributed by atoms with Crippen LogP contribution >= 0.6 is 0 Å². The molecule has 0 aliphatic carbocycles. The summed E-state index contributed by atoms with van der Waals surface area (Å²) in [6.45, 7) is 5.13. The zero-order valence-corrected chi connectivity index (χ0v) is 8.02. The minimum absolute atomic E-state index is 0. The zero-order chi connectivity index (χ0) is 4.99. The fourth-order valence-electron chi connectivity index (χ4n) is 0.167. The van der Waals surface area contributed by atoms with Gasteiger partial charge in [-0.3, -0.25) is 0 Å². The molecule has 49 valence electrons. The molecule has 0 bridgehead atoms. The first-order chi connectivity index (χ1) is 2.77. The van der Waals surface area contributed by atoms with Gasteiger partial charge in [0.1, 0.15) is 0 Å². The van der Waals surface area contributed by atoms with Crippen molar-refractivity contribution in [3.8, 4) is 0 Å². The van der Waals surface area contributed by atoms with Crippen molar-refractivity contribution in [1.82, 2.24) is 0 Å². The van der Waals surface area contributed by atoms with Crippen molar-refractivity contribution in [3.05, 3.63) is 0 Å². The molecule has 0 rings (SSSR count). The normalized spacial score (nSPS) is 7.62. The predicted molar refractivity (Wildman–Crippen MR) is 20.8 cm³/mol. The maximum Gasteiger partial charge on any atom is -1.00 e. The molecular weight excluding hydrogens is 183 g/mol. The van der Waals surface area contributed by atoms with Crippen LogP contribution in [0.15, 0.2) is 0 Å². The fourth-order valence-corrected chi connectivity index (χ4v) is 0.687. The van der Waals surface area contributed by atoms with Gasteiger partial charge >= 0.3 is 50.5 Å². The second-order valence-electron chi connectivity index (χ2n) is 1.70. The van der Waals surface area contributed by atoms with Gasteiger partial charge in [-0.1, -0.05) is 0 Å². The Morgan fingerprint density at radius 3 is 1.75 bits per heavy atom. The van der Waals surface area contributed by atoms with E-state index in [1.807, 2.05) is 0 Å². The summed E-state index contributed by atoms with van der Waals surface area (Å²) in [5, 5.41) is 0. The molecule has 0 heterocycles. The van der Waals surface area contributed by atoms with Crippen LogP contribution in [0.5, 0.6) is 0 Å². The Kier molecular flexibility index (Phi) is 22.4. The van der Waals surface area contributed by atoms with Crippen LogP contribution in [0.2, 0.25) is 0 Å². The second-order valence-corrected chi connectivity index (χ2v) is 2.16. The molecule has 0 amide bonds. The van der Waals surface area contributed by atoms with E-state index in [2.05, 4.69) is 13.8 Å². The summed E-state index contributed by atoms with van der Waals surface area (Å²) >= 11 is 1.72. The molecule has 0 saturated carbocycles. The van der Waals surface area contributed by atoms with Crippen molar-refractivity contribution in [2.45, 2.75) is 13.8 Å². The van der Waals surface area contributed by atoms with E-state index in [0.29, 0.717) is 5.92 Å². The van der Waals surface area contributed by atoms with Gasteiger partial charge < -0.3 is 24.8 Å². The maximum absolute atomic E-state index is 4.80. The average Bonchev–Trinajstić information content (AvgIpc) is 1.35. The van der Waals surface area contributed by atoms with Gasteiger partial charge in [-0.15, -0.1) is 0 Å². The Bertz CT molecular complexity index is 35.2. The van der Waals surface area contributed by atoms with Crippen molar-refractivity contribution >= 4 is 0 Å². The van der Waals surface area contributed by atoms with E-state index in [0.717, 1.165) is 6.61 Å². The molecule has 0 aliphatic rings. The summed E-state index contributed by atoms with van der Waals surface area (Å²) in [5.74, 6) is 0.676. The van der Waals surface area contributed by atoms with Gasteiger partial charge in [-0.2, -0.15) is 0 Å². The molecule has 0 aromatic carbocycles. The van der Waals surface area contributed by atoms with Crippen molar-refractivity contribution < 1.29 is 49.0 Å². The quantitative estimate of drug-likeness (QED) is 0.398. The molecule has 0 spiro atoms. The summed E-state index contributed by atoms with van der Waals surface area (Å²) in [4.78, 5) is 0. The SMILES string of the molecule is CC(C)C[O][Ti+2].[Cl-].[Cl-]. The van der Waals surface area contributed by atoms with Crippen molar-refractivity contribution in [3.63, 3.8) is 0 Å². The third-order valence-electron chi connectivity index (χ3n) is 0.417. The summed E-state index contributed by atoms with van der Waals surface area (Å²) in [6.07, 6.45) is 0. The molecule has 0 saturated heterocycles. The molecule has 8 heavy (non-hydrogen) atoms. The monoisotopic (exact) mass is 191 g/mol. The molecule has 0 aromatic heterocycles. The standard InChI is InChI=1S/C4H9O.2ClH.Ti/c1-4(2)3-5;;;/h4H,3H2,1-2H3;2*1H;/q-1;;;+3/p-2. The molecule has 0 unspecified atom stereocenters. The molecule has 0 N–H and O–H groups in total. The van der Waals surface area contributed by atoms with E-state index in [1.54, 1.807) is 20.8 Å². The van der Waals surface area contributed by atoms with E-state index in [4.69, 9.17) is 3.32 Å². The first-order valence-corrected chi connectivity index (χ1v) is 2.69. The summed E-state index contributed by atoms with van der Waals surface area (Å²) < 4.78 is 4.80. The number of rotatable bonds is 2. The predicted octanol–water partition coefficient (Wildman–Crippen LogP) is -4.87. The van der Waals surface area contributed by atoms with E-state index in [-0.39, 0.29) is 24.8 Å². The first-order valence-electron chi connectivity index (χ1n) is 2.06.